The highest BCUT2D eigenvalue weighted by atomic mass is 32.2. The molecular weight excluding hydrogens is 414 g/mol. The number of methoxy groups -OCH3 is 1. The Morgan fingerprint density at radius 1 is 1.10 bits per heavy atom. The van der Waals surface area contributed by atoms with Gasteiger partial charge in [0.15, 0.2) is 5.17 Å². The average molecular weight is 438 g/mol. The lowest BCUT2D eigenvalue weighted by molar-refractivity contribution is -0.135. The predicted octanol–water partition coefficient (Wildman–Crippen LogP) is 4.39. The van der Waals surface area contributed by atoms with Crippen molar-refractivity contribution in [3.05, 3.63) is 70.6 Å². The normalized spacial score (nSPS) is 16.7. The van der Waals surface area contributed by atoms with Gasteiger partial charge in [-0.2, -0.15) is 5.10 Å². The molecule has 1 aliphatic rings. The molecule has 1 fully saturated rings. The minimum atomic E-state index is -0.607. The van der Waals surface area contributed by atoms with E-state index >= 15 is 0 Å². The van der Waals surface area contributed by atoms with E-state index in [1.807, 2.05) is 36.4 Å². The number of amidine groups is 1. The van der Waals surface area contributed by atoms with E-state index in [1.165, 1.54) is 12.7 Å². The first-order valence-electron chi connectivity index (χ1n) is 9.53. The Morgan fingerprint density at radius 3 is 2.48 bits per heavy atom. The first-order valence-corrected chi connectivity index (χ1v) is 10.4. The Hall–Kier alpha value is -3.39. The van der Waals surface area contributed by atoms with E-state index in [1.54, 1.807) is 6.21 Å². The molecule has 31 heavy (non-hydrogen) atoms. The van der Waals surface area contributed by atoms with Crippen molar-refractivity contribution in [2.45, 2.75) is 26.2 Å². The van der Waals surface area contributed by atoms with Crippen LogP contribution in [0.15, 0.2) is 69.7 Å². The lowest BCUT2D eigenvalue weighted by atomic mass is 9.87. The van der Waals surface area contributed by atoms with Crippen molar-refractivity contribution in [1.82, 2.24) is 5.32 Å². The van der Waals surface area contributed by atoms with Gasteiger partial charge >= 0.3 is 5.97 Å². The number of hydrogen-bond acceptors (Lipinski definition) is 7. The highest BCUT2D eigenvalue weighted by molar-refractivity contribution is 8.18. The molecule has 0 aromatic heterocycles. The van der Waals surface area contributed by atoms with E-state index in [2.05, 4.69) is 53.2 Å². The monoisotopic (exact) mass is 437 g/mol. The number of amides is 1. The third kappa shape index (κ3) is 6.05. The second kappa shape index (κ2) is 9.61. The molecule has 0 bridgehead atoms. The van der Waals surface area contributed by atoms with Gasteiger partial charge in [-0.25, -0.2) is 4.79 Å². The van der Waals surface area contributed by atoms with Crippen molar-refractivity contribution in [3.63, 3.8) is 0 Å². The molecule has 0 unspecified atom stereocenters. The Morgan fingerprint density at radius 2 is 1.81 bits per heavy atom. The van der Waals surface area contributed by atoms with Gasteiger partial charge in [0, 0.05) is 11.6 Å². The van der Waals surface area contributed by atoms with Gasteiger partial charge in [0.25, 0.3) is 5.91 Å². The predicted molar refractivity (Wildman–Crippen MR) is 123 cm³/mol. The van der Waals surface area contributed by atoms with E-state index in [4.69, 9.17) is 4.74 Å². The number of rotatable bonds is 5. The summed E-state index contributed by atoms with van der Waals surface area (Å²) in [7, 11) is 1.24. The maximum atomic E-state index is 11.9. The maximum Gasteiger partial charge on any atom is 0.331 e. The molecule has 160 valence electrons. The summed E-state index contributed by atoms with van der Waals surface area (Å²) in [4.78, 5) is 23.3. The highest BCUT2D eigenvalue weighted by Gasteiger charge is 2.25. The largest absolute Gasteiger partial charge is 0.466 e. The van der Waals surface area contributed by atoms with E-state index < -0.39 is 11.9 Å². The molecule has 7 nitrogen and oxygen atoms in total. The van der Waals surface area contributed by atoms with Gasteiger partial charge in [0.2, 0.25) is 0 Å². The number of thioether (sulfide) groups is 1. The summed E-state index contributed by atoms with van der Waals surface area (Å²) >= 11 is 1.01. The molecular formula is C23H23N3O4S. The fourth-order valence-electron chi connectivity index (χ4n) is 2.61. The average Bonchev–Trinajstić information content (AvgIpc) is 3.08. The number of para-hydroxylation sites is 1. The number of esters is 1. The van der Waals surface area contributed by atoms with Crippen LogP contribution in [0.3, 0.4) is 0 Å². The first kappa shape index (κ1) is 22.3. The zero-order valence-electron chi connectivity index (χ0n) is 17.7. The Bertz CT molecular complexity index is 1070. The molecule has 1 saturated heterocycles. The van der Waals surface area contributed by atoms with Crippen molar-refractivity contribution < 1.29 is 19.1 Å². The van der Waals surface area contributed by atoms with Crippen molar-refractivity contribution in [2.24, 2.45) is 10.2 Å². The van der Waals surface area contributed by atoms with Crippen molar-refractivity contribution in [3.8, 4) is 11.5 Å². The number of carbonyl (C=O) groups is 2. The lowest BCUT2D eigenvalue weighted by Crippen LogP contribution is -2.19. The molecule has 1 N–H and O–H groups in total. The number of benzene rings is 2. The fraction of sp³-hybridized carbons (Fsp3) is 0.217. The summed E-state index contributed by atoms with van der Waals surface area (Å²) in [6, 6.07) is 15.4. The minimum Gasteiger partial charge on any atom is -0.466 e. The molecule has 1 amide bonds. The summed E-state index contributed by atoms with van der Waals surface area (Å²) in [6.45, 7) is 6.49. The summed E-state index contributed by atoms with van der Waals surface area (Å²) in [5.74, 6) is 0.316. The molecule has 1 aliphatic heterocycles. The Kier molecular flexibility index (Phi) is 6.91. The van der Waals surface area contributed by atoms with Crippen LogP contribution in [-0.4, -0.2) is 30.4 Å². The van der Waals surface area contributed by atoms with Crippen LogP contribution in [0.1, 0.15) is 31.9 Å². The lowest BCUT2D eigenvalue weighted by Gasteiger charge is -2.19. The molecule has 0 spiro atoms. The summed E-state index contributed by atoms with van der Waals surface area (Å²) in [5.41, 5.74) is 2.02. The van der Waals surface area contributed by atoms with Crippen molar-refractivity contribution in [1.29, 1.82) is 0 Å². The molecule has 3 rings (SSSR count). The number of ether oxygens (including phenoxy) is 2. The number of hydrogen-bond donors (Lipinski definition) is 1. The molecule has 0 radical (unpaired) electrons. The number of carbonyl (C=O) groups excluding carboxylic acids is 2. The Labute approximate surface area is 185 Å². The van der Waals surface area contributed by atoms with Crippen LogP contribution in [0.5, 0.6) is 11.5 Å². The number of nitrogens with one attached hydrogen (secondary N) is 1. The van der Waals surface area contributed by atoms with Crippen LogP contribution in [0.25, 0.3) is 0 Å². The van der Waals surface area contributed by atoms with Gasteiger partial charge < -0.3 is 9.47 Å². The van der Waals surface area contributed by atoms with E-state index in [0.29, 0.717) is 5.75 Å². The topological polar surface area (TPSA) is 89.3 Å². The zero-order chi connectivity index (χ0) is 22.4. The Balaban J connectivity index is 1.72. The fourth-order valence-corrected chi connectivity index (χ4v) is 3.35. The third-order valence-electron chi connectivity index (χ3n) is 4.31. The molecule has 2 aromatic rings. The quantitative estimate of drug-likeness (QED) is 0.324. The van der Waals surface area contributed by atoms with Gasteiger partial charge in [-0.05, 0) is 47.0 Å². The first-order chi connectivity index (χ1) is 14.8. The maximum absolute atomic E-state index is 11.9. The third-order valence-corrected chi connectivity index (χ3v) is 5.21. The SMILES string of the molecule is COC(=O)/C=C1/S/C(=N\N=Cc2ccccc2Oc2ccc(C(C)(C)C)cc2)NC1=O. The smallest absolute Gasteiger partial charge is 0.331 e. The second-order valence-electron chi connectivity index (χ2n) is 7.65. The van der Waals surface area contributed by atoms with Crippen molar-refractivity contribution >= 4 is 35.0 Å². The van der Waals surface area contributed by atoms with Gasteiger partial charge in [-0.3, -0.25) is 10.1 Å². The van der Waals surface area contributed by atoms with Gasteiger partial charge in [0.1, 0.15) is 11.5 Å². The van der Waals surface area contributed by atoms with Crippen LogP contribution in [-0.2, 0) is 19.7 Å². The molecule has 1 heterocycles. The van der Waals surface area contributed by atoms with Gasteiger partial charge in [-0.15, -0.1) is 5.10 Å². The molecule has 2 aromatic carbocycles. The van der Waals surface area contributed by atoms with Crippen LogP contribution < -0.4 is 10.1 Å². The minimum absolute atomic E-state index is 0.0713. The van der Waals surface area contributed by atoms with E-state index in [-0.39, 0.29) is 15.5 Å². The van der Waals surface area contributed by atoms with Crippen LogP contribution >= 0.6 is 11.8 Å². The summed E-state index contributed by atoms with van der Waals surface area (Å²) < 4.78 is 10.5. The summed E-state index contributed by atoms with van der Waals surface area (Å²) in [6.07, 6.45) is 2.65. The summed E-state index contributed by atoms with van der Waals surface area (Å²) in [5, 5.41) is 10.9. The van der Waals surface area contributed by atoms with Crippen LogP contribution in [0.4, 0.5) is 0 Å². The van der Waals surface area contributed by atoms with E-state index in [0.717, 1.165) is 29.2 Å². The standard InChI is InChI=1S/C23H23N3O4S/c1-23(2,3)16-9-11-17(12-10-16)30-18-8-6-5-7-15(18)14-24-26-22-25-21(28)19(31-22)13-20(27)29-4/h5-14H,1-4H3,(H,25,26,28)/b19-13+,24-14?. The highest BCUT2D eigenvalue weighted by Crippen LogP contribution is 2.28. The van der Waals surface area contributed by atoms with Gasteiger partial charge in [0.05, 0.1) is 18.2 Å². The van der Waals surface area contributed by atoms with Crippen molar-refractivity contribution in [2.75, 3.05) is 7.11 Å². The zero-order valence-corrected chi connectivity index (χ0v) is 18.5. The molecule has 0 aliphatic carbocycles. The van der Waals surface area contributed by atoms with Crippen LogP contribution in [0, 0.1) is 0 Å². The second-order valence-corrected chi connectivity index (χ2v) is 8.68. The van der Waals surface area contributed by atoms with Gasteiger partial charge in [-0.1, -0.05) is 45.0 Å². The molecule has 0 saturated carbocycles. The van der Waals surface area contributed by atoms with E-state index in [9.17, 15) is 9.59 Å². The van der Waals surface area contributed by atoms with Crippen LogP contribution in [0.2, 0.25) is 0 Å². The molecule has 0 atom stereocenters. The number of nitrogens with zero attached hydrogens (tertiary/aromatic N) is 2. The molecule has 8 heteroatoms.